The molecular weight excluding hydrogens is 310 g/mol. The van der Waals surface area contributed by atoms with Crippen LogP contribution in [0.25, 0.3) is 0 Å². The van der Waals surface area contributed by atoms with Crippen LogP contribution in [0.1, 0.15) is 75.2 Å². The Balaban J connectivity index is 0. The lowest BCUT2D eigenvalue weighted by Crippen LogP contribution is -2.42. The fourth-order valence-corrected chi connectivity index (χ4v) is 2.18. The summed E-state index contributed by atoms with van der Waals surface area (Å²) < 4.78 is 5.31. The lowest BCUT2D eigenvalue weighted by Gasteiger charge is -2.32. The lowest BCUT2D eigenvalue weighted by atomic mass is 10.0. The molecule has 0 radical (unpaired) electrons. The number of piperidine rings is 1. The van der Waals surface area contributed by atoms with E-state index < -0.39 is 0 Å². The Morgan fingerprint density at radius 1 is 1.20 bits per heavy atom. The van der Waals surface area contributed by atoms with E-state index >= 15 is 0 Å². The van der Waals surface area contributed by atoms with Gasteiger partial charge in [0, 0.05) is 13.1 Å². The van der Waals surface area contributed by atoms with Crippen LogP contribution in [0.3, 0.4) is 0 Å². The van der Waals surface area contributed by atoms with E-state index in [0.717, 1.165) is 19.5 Å². The predicted molar refractivity (Wildman–Crippen MR) is 111 cm³/mol. The monoisotopic (exact) mass is 351 g/mol. The van der Waals surface area contributed by atoms with Gasteiger partial charge in [-0.05, 0) is 60.3 Å². The molecule has 1 aliphatic rings. The minimum Gasteiger partial charge on any atom is -0.444 e. The van der Waals surface area contributed by atoms with E-state index in [2.05, 4.69) is 32.6 Å². The van der Waals surface area contributed by atoms with E-state index in [4.69, 9.17) is 4.74 Å². The van der Waals surface area contributed by atoms with E-state index in [1.54, 1.807) is 0 Å². The van der Waals surface area contributed by atoms with Crippen LogP contribution in [0.5, 0.6) is 0 Å². The van der Waals surface area contributed by atoms with Gasteiger partial charge in [0.15, 0.2) is 0 Å². The summed E-state index contributed by atoms with van der Waals surface area (Å²) in [5, 5.41) is 0. The van der Waals surface area contributed by atoms with Gasteiger partial charge in [-0.25, -0.2) is 4.79 Å². The molecule has 1 unspecified atom stereocenters. The Bertz CT molecular complexity index is 441. The summed E-state index contributed by atoms with van der Waals surface area (Å²) in [7, 11) is 0. The van der Waals surface area contributed by atoms with Crippen molar-refractivity contribution in [3.63, 3.8) is 0 Å². The van der Waals surface area contributed by atoms with Gasteiger partial charge in [0.05, 0.1) is 0 Å². The predicted octanol–water partition coefficient (Wildman–Crippen LogP) is 6.76. The van der Waals surface area contributed by atoms with Crippen molar-refractivity contribution in [2.75, 3.05) is 13.1 Å². The fraction of sp³-hybridized carbons (Fsp3) is 0.682. The first-order valence-electron chi connectivity index (χ1n) is 9.50. The third-order valence-corrected chi connectivity index (χ3v) is 3.54. The third kappa shape index (κ3) is 14.5. The largest absolute Gasteiger partial charge is 0.444 e. The van der Waals surface area contributed by atoms with Crippen LogP contribution in [-0.2, 0) is 4.74 Å². The van der Waals surface area contributed by atoms with Gasteiger partial charge in [-0.3, -0.25) is 0 Å². The fourth-order valence-electron chi connectivity index (χ4n) is 2.18. The number of rotatable bonds is 2. The number of amides is 1. The average molecular weight is 352 g/mol. The van der Waals surface area contributed by atoms with Crippen LogP contribution in [0.15, 0.2) is 36.0 Å². The van der Waals surface area contributed by atoms with Gasteiger partial charge >= 0.3 is 6.09 Å². The van der Waals surface area contributed by atoms with Gasteiger partial charge in [-0.1, -0.05) is 56.7 Å². The normalized spacial score (nSPS) is 18.3. The highest BCUT2D eigenvalue weighted by Crippen LogP contribution is 2.18. The van der Waals surface area contributed by atoms with E-state index in [1.165, 1.54) is 17.6 Å². The molecule has 1 saturated heterocycles. The summed E-state index contributed by atoms with van der Waals surface area (Å²) in [6, 6.07) is 0. The van der Waals surface area contributed by atoms with Gasteiger partial charge in [0.2, 0.25) is 0 Å². The van der Waals surface area contributed by atoms with E-state index in [1.807, 2.05) is 59.4 Å². The minimum absolute atomic E-state index is 0.163. The molecule has 1 atom stereocenters. The first-order chi connectivity index (χ1) is 11.6. The molecule has 0 saturated carbocycles. The average Bonchev–Trinajstić information content (AvgIpc) is 2.55. The van der Waals surface area contributed by atoms with Crippen LogP contribution >= 0.6 is 0 Å². The number of allylic oxidation sites excluding steroid dienone is 5. The molecule has 1 fully saturated rings. The third-order valence-electron chi connectivity index (χ3n) is 3.54. The van der Waals surface area contributed by atoms with Crippen LogP contribution < -0.4 is 0 Å². The lowest BCUT2D eigenvalue weighted by molar-refractivity contribution is 0.0174. The summed E-state index contributed by atoms with van der Waals surface area (Å²) in [5.41, 5.74) is 2.12. The molecule has 0 aromatic rings. The summed E-state index contributed by atoms with van der Waals surface area (Å²) in [6.45, 7) is 23.4. The van der Waals surface area contributed by atoms with Gasteiger partial charge in [0.25, 0.3) is 0 Å². The first kappa shape index (κ1) is 25.7. The number of ether oxygens (including phenoxy) is 1. The molecule has 1 rings (SSSR count). The first-order valence-corrected chi connectivity index (χ1v) is 9.50. The summed E-state index contributed by atoms with van der Waals surface area (Å²) in [6.07, 6.45) is 8.19. The number of carbonyl (C=O) groups is 1. The quantitative estimate of drug-likeness (QED) is 0.514. The second-order valence-corrected chi connectivity index (χ2v) is 7.30. The van der Waals surface area contributed by atoms with E-state index in [9.17, 15) is 4.79 Å². The van der Waals surface area contributed by atoms with Crippen molar-refractivity contribution < 1.29 is 9.53 Å². The van der Waals surface area contributed by atoms with Gasteiger partial charge in [0.1, 0.15) is 5.60 Å². The molecule has 1 heterocycles. The van der Waals surface area contributed by atoms with Crippen LogP contribution in [0.2, 0.25) is 0 Å². The van der Waals surface area contributed by atoms with Crippen molar-refractivity contribution in [1.82, 2.24) is 4.90 Å². The number of nitrogens with zero attached hydrogens (tertiary/aromatic N) is 1. The standard InChI is InChI=1S/C11H21NO2.C9H14.C2H6/c1-9-6-5-7-12(8-9)10(13)14-11(2,3)4;1-5-8(3)7-9(4)6-2;1-2/h9H,5-8H2,1-4H3;5-7H,1H2,2-4H3;1-2H3/b;8-7-,9-6-;. The van der Waals surface area contributed by atoms with Crippen LogP contribution in [0, 0.1) is 5.92 Å². The van der Waals surface area contributed by atoms with Crippen molar-refractivity contribution >= 4 is 6.09 Å². The van der Waals surface area contributed by atoms with Gasteiger partial charge in [-0.2, -0.15) is 0 Å². The number of likely N-dealkylation sites (tertiary alicyclic amines) is 1. The Labute approximate surface area is 156 Å². The Morgan fingerprint density at radius 3 is 2.16 bits per heavy atom. The maximum Gasteiger partial charge on any atom is 0.410 e. The maximum absolute atomic E-state index is 11.7. The topological polar surface area (TPSA) is 29.5 Å². The summed E-state index contributed by atoms with van der Waals surface area (Å²) in [4.78, 5) is 13.5. The number of carbonyl (C=O) groups excluding carboxylic acids is 1. The zero-order valence-electron chi connectivity index (χ0n) is 18.1. The highest BCUT2D eigenvalue weighted by molar-refractivity contribution is 5.68. The highest BCUT2D eigenvalue weighted by Gasteiger charge is 2.25. The molecule has 3 heteroatoms. The summed E-state index contributed by atoms with van der Waals surface area (Å²) in [5.74, 6) is 0.608. The smallest absolute Gasteiger partial charge is 0.410 e. The zero-order valence-corrected chi connectivity index (χ0v) is 18.1. The van der Waals surface area contributed by atoms with Gasteiger partial charge < -0.3 is 9.64 Å². The van der Waals surface area contributed by atoms with E-state index in [-0.39, 0.29) is 11.7 Å². The Kier molecular flexibility index (Phi) is 14.1. The molecule has 3 nitrogen and oxygen atoms in total. The Morgan fingerprint density at radius 2 is 1.76 bits per heavy atom. The van der Waals surface area contributed by atoms with Crippen molar-refractivity contribution in [3.8, 4) is 0 Å². The van der Waals surface area contributed by atoms with Crippen molar-refractivity contribution in [3.05, 3.63) is 36.0 Å². The number of hydrogen-bond donors (Lipinski definition) is 0. The van der Waals surface area contributed by atoms with Crippen molar-refractivity contribution in [2.45, 2.75) is 80.8 Å². The minimum atomic E-state index is -0.377. The highest BCUT2D eigenvalue weighted by atomic mass is 16.6. The molecule has 0 spiro atoms. The summed E-state index contributed by atoms with van der Waals surface area (Å²) >= 11 is 0. The second kappa shape index (κ2) is 13.7. The van der Waals surface area contributed by atoms with Crippen LogP contribution in [0.4, 0.5) is 4.79 Å². The maximum atomic E-state index is 11.7. The molecule has 25 heavy (non-hydrogen) atoms. The second-order valence-electron chi connectivity index (χ2n) is 7.30. The molecule has 1 amide bonds. The molecule has 0 aromatic carbocycles. The molecule has 0 bridgehead atoms. The van der Waals surface area contributed by atoms with Crippen LogP contribution in [-0.4, -0.2) is 29.7 Å². The van der Waals surface area contributed by atoms with Crippen molar-refractivity contribution in [2.24, 2.45) is 5.92 Å². The Hall–Kier alpha value is -1.51. The molecule has 146 valence electrons. The molecule has 0 aliphatic carbocycles. The van der Waals surface area contributed by atoms with E-state index in [0.29, 0.717) is 5.92 Å². The number of hydrogen-bond acceptors (Lipinski definition) is 2. The molecule has 0 aromatic heterocycles. The van der Waals surface area contributed by atoms with Gasteiger partial charge in [-0.15, -0.1) is 0 Å². The molecule has 1 aliphatic heterocycles. The molecule has 0 N–H and O–H groups in total. The zero-order chi connectivity index (χ0) is 20.0. The molecular formula is C22H41NO2. The van der Waals surface area contributed by atoms with Crippen molar-refractivity contribution in [1.29, 1.82) is 0 Å². The SMILES string of the molecule is C=C/C(C)=C\C(C)=C/C.CC.CC1CCCN(C(=O)OC(C)(C)C)C1.